The first-order valence-electron chi connectivity index (χ1n) is 7.80. The number of hydrogen-bond donors (Lipinski definition) is 0. The van der Waals surface area contributed by atoms with Crippen molar-refractivity contribution in [2.24, 2.45) is 11.3 Å². The van der Waals surface area contributed by atoms with E-state index in [0.717, 1.165) is 5.56 Å². The van der Waals surface area contributed by atoms with Gasteiger partial charge in [-0.1, -0.05) is 51.1 Å². The van der Waals surface area contributed by atoms with Gasteiger partial charge in [0, 0.05) is 24.2 Å². The second-order valence-corrected chi connectivity index (χ2v) is 7.30. The molecular weight excluding hydrogens is 280 g/mol. The van der Waals surface area contributed by atoms with E-state index in [1.165, 1.54) is 0 Å². The van der Waals surface area contributed by atoms with Crippen LogP contribution >= 0.6 is 0 Å². The molecule has 2 fully saturated rings. The lowest BCUT2D eigenvalue weighted by Gasteiger charge is -2.32. The molecule has 0 aromatic heterocycles. The number of hydrogen-bond acceptors (Lipinski definition) is 4. The summed E-state index contributed by atoms with van der Waals surface area (Å²) < 4.78 is 11.8. The van der Waals surface area contributed by atoms with Crippen LogP contribution in [0.1, 0.15) is 45.6 Å². The predicted molar refractivity (Wildman–Crippen MR) is 80.9 cm³/mol. The lowest BCUT2D eigenvalue weighted by atomic mass is 9.80. The van der Waals surface area contributed by atoms with Gasteiger partial charge in [-0.25, -0.2) is 4.79 Å². The molecule has 0 N–H and O–H groups in total. The highest BCUT2D eigenvalue weighted by Crippen LogP contribution is 2.49. The van der Waals surface area contributed by atoms with Crippen molar-refractivity contribution in [2.45, 2.75) is 51.9 Å². The number of ether oxygens (including phenoxy) is 2. The third-order valence-electron chi connectivity index (χ3n) is 4.54. The van der Waals surface area contributed by atoms with E-state index in [1.54, 1.807) is 0 Å². The van der Waals surface area contributed by atoms with Crippen LogP contribution in [-0.2, 0) is 24.7 Å². The first-order chi connectivity index (χ1) is 10.3. The molecule has 3 atom stereocenters. The number of rotatable bonds is 2. The smallest absolute Gasteiger partial charge is 0.345 e. The van der Waals surface area contributed by atoms with Gasteiger partial charge in [-0.3, -0.25) is 4.79 Å². The molecule has 118 valence electrons. The molecule has 0 spiro atoms. The van der Waals surface area contributed by atoms with E-state index in [-0.39, 0.29) is 23.1 Å². The van der Waals surface area contributed by atoms with Gasteiger partial charge in [0.25, 0.3) is 0 Å². The lowest BCUT2D eigenvalue weighted by Crippen LogP contribution is -2.41. The zero-order valence-corrected chi connectivity index (χ0v) is 13.3. The quantitative estimate of drug-likeness (QED) is 0.787. The Kier molecular flexibility index (Phi) is 3.60. The first-order valence-corrected chi connectivity index (χ1v) is 7.80. The van der Waals surface area contributed by atoms with Crippen molar-refractivity contribution < 1.29 is 19.1 Å². The van der Waals surface area contributed by atoms with E-state index in [2.05, 4.69) is 0 Å². The highest BCUT2D eigenvalue weighted by atomic mass is 16.8. The largest absolute Gasteiger partial charge is 0.433 e. The van der Waals surface area contributed by atoms with Crippen molar-refractivity contribution in [2.75, 3.05) is 0 Å². The first kappa shape index (κ1) is 15.2. The van der Waals surface area contributed by atoms with Gasteiger partial charge in [0.1, 0.15) is 5.78 Å². The van der Waals surface area contributed by atoms with Gasteiger partial charge in [-0.05, 0) is 12.0 Å². The summed E-state index contributed by atoms with van der Waals surface area (Å²) in [5, 5.41) is 0. The summed E-state index contributed by atoms with van der Waals surface area (Å²) in [7, 11) is 0. The second-order valence-electron chi connectivity index (χ2n) is 7.30. The predicted octanol–water partition coefficient (Wildman–Crippen LogP) is 3.20. The molecule has 1 unspecified atom stereocenters. The Hall–Kier alpha value is -1.68. The van der Waals surface area contributed by atoms with Crippen molar-refractivity contribution >= 4 is 11.8 Å². The van der Waals surface area contributed by atoms with Gasteiger partial charge < -0.3 is 9.47 Å². The lowest BCUT2D eigenvalue weighted by molar-refractivity contribution is -0.162. The highest BCUT2D eigenvalue weighted by molar-refractivity contribution is 5.87. The zero-order chi connectivity index (χ0) is 16.0. The number of carbonyl (C=O) groups excluding carboxylic acids is 2. The molecule has 1 aliphatic carbocycles. The molecule has 22 heavy (non-hydrogen) atoms. The summed E-state index contributed by atoms with van der Waals surface area (Å²) in [5.41, 5.74) is -0.674. The molecule has 1 aliphatic heterocycles. The van der Waals surface area contributed by atoms with Crippen LogP contribution < -0.4 is 0 Å². The Bertz CT molecular complexity index is 587. The Labute approximate surface area is 130 Å². The van der Waals surface area contributed by atoms with Gasteiger partial charge in [0.15, 0.2) is 5.60 Å². The van der Waals surface area contributed by atoms with Crippen LogP contribution in [0.4, 0.5) is 0 Å². The van der Waals surface area contributed by atoms with Gasteiger partial charge in [0.05, 0.1) is 0 Å². The van der Waals surface area contributed by atoms with E-state index in [9.17, 15) is 9.59 Å². The van der Waals surface area contributed by atoms with Crippen molar-refractivity contribution in [3.8, 4) is 0 Å². The summed E-state index contributed by atoms with van der Waals surface area (Å²) in [5.74, 6) is -0.323. The molecule has 4 nitrogen and oxygen atoms in total. The molecular formula is C18H22O4. The van der Waals surface area contributed by atoms with Crippen molar-refractivity contribution in [1.82, 2.24) is 0 Å². The topological polar surface area (TPSA) is 52.6 Å². The molecule has 3 rings (SSSR count). The van der Waals surface area contributed by atoms with Crippen molar-refractivity contribution in [3.63, 3.8) is 0 Å². The number of Topliss-reactive ketones (excluding diaryl/α,β-unsaturated/α-hetero) is 1. The van der Waals surface area contributed by atoms with Crippen LogP contribution in [-0.4, -0.2) is 18.0 Å². The van der Waals surface area contributed by atoms with E-state index >= 15 is 0 Å². The minimum atomic E-state index is -1.15. The average molecular weight is 302 g/mol. The van der Waals surface area contributed by atoms with Gasteiger partial charge >= 0.3 is 5.97 Å². The number of carbonyl (C=O) groups is 2. The molecule has 0 amide bonds. The van der Waals surface area contributed by atoms with Crippen LogP contribution in [0.15, 0.2) is 30.3 Å². The van der Waals surface area contributed by atoms with Gasteiger partial charge in [-0.2, -0.15) is 0 Å². The molecule has 2 aliphatic rings. The van der Waals surface area contributed by atoms with E-state index < -0.39 is 11.9 Å². The molecule has 0 bridgehead atoms. The maximum atomic E-state index is 12.8. The molecule has 1 heterocycles. The molecule has 0 radical (unpaired) electrons. The summed E-state index contributed by atoms with van der Waals surface area (Å²) in [6, 6.07) is 9.44. The second kappa shape index (κ2) is 5.20. The summed E-state index contributed by atoms with van der Waals surface area (Å²) >= 11 is 0. The Morgan fingerprint density at radius 1 is 1.14 bits per heavy atom. The van der Waals surface area contributed by atoms with E-state index in [4.69, 9.17) is 9.47 Å². The normalized spacial score (nSPS) is 32.3. The molecule has 1 aromatic rings. The standard InChI is InChI=1S/C18H22O4/c1-17(2,3)16-21-15(20)18(22-16,12-7-5-4-6-8-12)13-9-10-14(19)11-13/h4-8,13,16H,9-11H2,1-3H3/t13?,16-,18-/m0/s1. The fourth-order valence-electron chi connectivity index (χ4n) is 3.31. The summed E-state index contributed by atoms with van der Waals surface area (Å²) in [4.78, 5) is 24.6. The average Bonchev–Trinajstić information content (AvgIpc) is 3.04. The molecule has 1 aromatic carbocycles. The third-order valence-corrected chi connectivity index (χ3v) is 4.54. The van der Waals surface area contributed by atoms with Crippen molar-refractivity contribution in [1.29, 1.82) is 0 Å². The summed E-state index contributed by atoms with van der Waals surface area (Å²) in [6.07, 6.45) is 0.951. The summed E-state index contributed by atoms with van der Waals surface area (Å²) in [6.45, 7) is 5.93. The van der Waals surface area contributed by atoms with Crippen LogP contribution in [0.25, 0.3) is 0 Å². The molecule has 4 heteroatoms. The maximum absolute atomic E-state index is 12.8. The van der Waals surface area contributed by atoms with E-state index in [1.807, 2.05) is 51.1 Å². The monoisotopic (exact) mass is 302 g/mol. The molecule has 1 saturated carbocycles. The SMILES string of the molecule is CC(C)(C)[C@H]1OC(=O)[C@](c2ccccc2)(C2CCC(=O)C2)O1. The van der Waals surface area contributed by atoms with Crippen molar-refractivity contribution in [3.05, 3.63) is 35.9 Å². The van der Waals surface area contributed by atoms with Crippen LogP contribution in [0.2, 0.25) is 0 Å². The minimum Gasteiger partial charge on any atom is -0.433 e. The number of ketones is 1. The third kappa shape index (κ3) is 2.35. The van der Waals surface area contributed by atoms with Crippen LogP contribution in [0.3, 0.4) is 0 Å². The van der Waals surface area contributed by atoms with Crippen LogP contribution in [0.5, 0.6) is 0 Å². The van der Waals surface area contributed by atoms with Gasteiger partial charge in [0.2, 0.25) is 6.29 Å². The number of esters is 1. The Morgan fingerprint density at radius 2 is 1.82 bits per heavy atom. The highest BCUT2D eigenvalue weighted by Gasteiger charge is 2.59. The number of benzene rings is 1. The Balaban J connectivity index is 2.05. The maximum Gasteiger partial charge on any atom is 0.345 e. The van der Waals surface area contributed by atoms with Gasteiger partial charge in [-0.15, -0.1) is 0 Å². The fourth-order valence-corrected chi connectivity index (χ4v) is 3.31. The zero-order valence-electron chi connectivity index (χ0n) is 13.3. The van der Waals surface area contributed by atoms with E-state index in [0.29, 0.717) is 19.3 Å². The fraction of sp³-hybridized carbons (Fsp3) is 0.556. The Morgan fingerprint density at radius 3 is 2.32 bits per heavy atom. The molecule has 1 saturated heterocycles. The minimum absolute atomic E-state index is 0.151. The number of cyclic esters (lactones) is 1. The van der Waals surface area contributed by atoms with Crippen LogP contribution in [0, 0.1) is 11.3 Å².